The number of rotatable bonds is 4. The van der Waals surface area contributed by atoms with Gasteiger partial charge in [-0.25, -0.2) is 14.8 Å². The molecule has 3 heterocycles. The van der Waals surface area contributed by atoms with Crippen LogP contribution >= 0.6 is 15.9 Å². The summed E-state index contributed by atoms with van der Waals surface area (Å²) in [6.45, 7) is 7.11. The molecule has 4 rings (SSSR count). The van der Waals surface area contributed by atoms with Crippen molar-refractivity contribution in [2.45, 2.75) is 27.2 Å². The molecule has 0 aliphatic carbocycles. The summed E-state index contributed by atoms with van der Waals surface area (Å²) in [6.07, 6.45) is 6.25. The maximum absolute atomic E-state index is 12.7. The zero-order valence-electron chi connectivity index (χ0n) is 18.1. The Hall–Kier alpha value is -3.20. The van der Waals surface area contributed by atoms with Gasteiger partial charge in [0, 0.05) is 31.0 Å². The number of urea groups is 1. The number of carbonyl (C=O) groups excluding carboxylic acids is 1. The number of piperidine rings is 1. The molecule has 1 aromatic carbocycles. The Kier molecular flexibility index (Phi) is 6.55. The molecule has 9 heteroatoms. The first-order chi connectivity index (χ1) is 15.4. The molecule has 1 aliphatic rings. The van der Waals surface area contributed by atoms with Crippen LogP contribution in [0.15, 0.2) is 51.2 Å². The molecule has 1 N–H and O–H groups in total. The molecule has 0 bridgehead atoms. The number of halogens is 1. The van der Waals surface area contributed by atoms with Gasteiger partial charge in [0.2, 0.25) is 0 Å². The highest BCUT2D eigenvalue weighted by Crippen LogP contribution is 2.28. The average Bonchev–Trinajstić information content (AvgIpc) is 3.09. The van der Waals surface area contributed by atoms with Crippen molar-refractivity contribution in [3.05, 3.63) is 63.6 Å². The van der Waals surface area contributed by atoms with Crippen LogP contribution in [0.25, 0.3) is 6.08 Å². The van der Waals surface area contributed by atoms with E-state index in [0.29, 0.717) is 36.4 Å². The number of likely N-dealkylation sites (tertiary alicyclic amines) is 1. The van der Waals surface area contributed by atoms with E-state index in [1.807, 2.05) is 43.0 Å². The van der Waals surface area contributed by atoms with Crippen molar-refractivity contribution in [3.63, 3.8) is 0 Å². The van der Waals surface area contributed by atoms with Crippen molar-refractivity contribution >= 4 is 33.9 Å². The highest BCUT2D eigenvalue weighted by molar-refractivity contribution is 9.10. The molecule has 0 radical (unpaired) electrons. The molecule has 1 fully saturated rings. The minimum Gasteiger partial charge on any atom is -0.424 e. The summed E-state index contributed by atoms with van der Waals surface area (Å²) in [5.74, 6) is 2.09. The van der Waals surface area contributed by atoms with E-state index >= 15 is 0 Å². The summed E-state index contributed by atoms with van der Waals surface area (Å²) in [5.41, 5.74) is 3.17. The average molecular weight is 498 g/mol. The normalized spacial score (nSPS) is 17.4. The summed E-state index contributed by atoms with van der Waals surface area (Å²) >= 11 is 3.31. The van der Waals surface area contributed by atoms with Gasteiger partial charge in [-0.2, -0.15) is 0 Å². The molecule has 32 heavy (non-hydrogen) atoms. The zero-order chi connectivity index (χ0) is 22.7. The number of benzene rings is 1. The van der Waals surface area contributed by atoms with E-state index in [4.69, 9.17) is 9.26 Å². The molecule has 8 nitrogen and oxygen atoms in total. The lowest BCUT2D eigenvalue weighted by Crippen LogP contribution is -2.42. The second-order valence-electron chi connectivity index (χ2n) is 7.82. The summed E-state index contributed by atoms with van der Waals surface area (Å²) in [4.78, 5) is 22.8. The number of nitrogens with one attached hydrogen (secondary N) is 1. The first kappa shape index (κ1) is 22.0. The quantitative estimate of drug-likeness (QED) is 0.504. The largest absolute Gasteiger partial charge is 0.424 e. The number of anilines is 1. The number of carbonyl (C=O) groups is 1. The van der Waals surface area contributed by atoms with E-state index in [2.05, 4.69) is 49.4 Å². The molecular formula is C23H24BrN5O3. The third kappa shape index (κ3) is 5.16. The van der Waals surface area contributed by atoms with Crippen LogP contribution in [0.2, 0.25) is 0 Å². The standard InChI is InChI=1S/C23H24BrN5O3/c1-14-13-29(23(30)27-21-15(2)16(3)32-28-21)8-7-18(14)9-17-5-4-6-20(10-17)31-22-25-11-19(24)12-26-22/h4-6,9-12,14H,7-8,13H2,1-3H3,(H,27,28,30)/b18-9+. The predicted octanol–water partition coefficient (Wildman–Crippen LogP) is 5.59. The fourth-order valence-corrected chi connectivity index (χ4v) is 3.71. The van der Waals surface area contributed by atoms with Crippen LogP contribution in [0.4, 0.5) is 10.6 Å². The minimum atomic E-state index is -0.155. The van der Waals surface area contributed by atoms with E-state index in [-0.39, 0.29) is 11.9 Å². The third-order valence-electron chi connectivity index (χ3n) is 5.48. The number of hydrogen-bond donors (Lipinski definition) is 1. The summed E-state index contributed by atoms with van der Waals surface area (Å²) in [7, 11) is 0. The summed E-state index contributed by atoms with van der Waals surface area (Å²) in [5, 5.41) is 6.77. The number of aromatic nitrogens is 3. The number of amides is 2. The highest BCUT2D eigenvalue weighted by Gasteiger charge is 2.25. The van der Waals surface area contributed by atoms with Gasteiger partial charge in [0.1, 0.15) is 11.5 Å². The molecule has 2 amide bonds. The zero-order valence-corrected chi connectivity index (χ0v) is 19.7. The number of ether oxygens (including phenoxy) is 1. The lowest BCUT2D eigenvalue weighted by Gasteiger charge is -2.33. The van der Waals surface area contributed by atoms with Crippen molar-refractivity contribution in [3.8, 4) is 11.8 Å². The van der Waals surface area contributed by atoms with Crippen LogP contribution in [-0.2, 0) is 0 Å². The lowest BCUT2D eigenvalue weighted by atomic mass is 9.91. The summed E-state index contributed by atoms with van der Waals surface area (Å²) in [6, 6.07) is 7.94. The molecule has 1 aliphatic heterocycles. The van der Waals surface area contributed by atoms with Crippen LogP contribution in [0.3, 0.4) is 0 Å². The molecule has 1 unspecified atom stereocenters. The second-order valence-corrected chi connectivity index (χ2v) is 8.73. The van der Waals surface area contributed by atoms with Crippen LogP contribution in [-0.4, -0.2) is 39.1 Å². The van der Waals surface area contributed by atoms with Crippen molar-refractivity contribution < 1.29 is 14.1 Å². The topological polar surface area (TPSA) is 93.4 Å². The monoisotopic (exact) mass is 497 g/mol. The van der Waals surface area contributed by atoms with Gasteiger partial charge in [0.25, 0.3) is 0 Å². The molecule has 1 saturated heterocycles. The lowest BCUT2D eigenvalue weighted by molar-refractivity contribution is 0.197. The van der Waals surface area contributed by atoms with Crippen molar-refractivity contribution in [1.82, 2.24) is 20.0 Å². The Morgan fingerprint density at radius 1 is 1.31 bits per heavy atom. The smallest absolute Gasteiger partial charge is 0.323 e. The Bertz CT molecular complexity index is 1140. The van der Waals surface area contributed by atoms with E-state index in [1.165, 1.54) is 5.57 Å². The molecular weight excluding hydrogens is 474 g/mol. The predicted molar refractivity (Wildman–Crippen MR) is 125 cm³/mol. The maximum Gasteiger partial charge on any atom is 0.323 e. The molecule has 0 saturated carbocycles. The van der Waals surface area contributed by atoms with Gasteiger partial charge >= 0.3 is 12.0 Å². The van der Waals surface area contributed by atoms with Gasteiger partial charge in [-0.05, 0) is 59.8 Å². The fraction of sp³-hybridized carbons (Fsp3) is 0.304. The van der Waals surface area contributed by atoms with Crippen LogP contribution in [0, 0.1) is 19.8 Å². The van der Waals surface area contributed by atoms with Gasteiger partial charge in [-0.15, -0.1) is 0 Å². The van der Waals surface area contributed by atoms with Crippen LogP contribution in [0.1, 0.15) is 30.2 Å². The van der Waals surface area contributed by atoms with Crippen LogP contribution in [0.5, 0.6) is 11.8 Å². The Balaban J connectivity index is 1.40. The number of aryl methyl sites for hydroxylation is 1. The number of hydrogen-bond acceptors (Lipinski definition) is 6. The third-order valence-corrected chi connectivity index (χ3v) is 5.89. The highest BCUT2D eigenvalue weighted by atomic mass is 79.9. The van der Waals surface area contributed by atoms with E-state index in [1.54, 1.807) is 12.4 Å². The molecule has 166 valence electrons. The first-order valence-electron chi connectivity index (χ1n) is 10.3. The Morgan fingerprint density at radius 2 is 2.09 bits per heavy atom. The van der Waals surface area contributed by atoms with Crippen molar-refractivity contribution in [2.24, 2.45) is 5.92 Å². The van der Waals surface area contributed by atoms with Gasteiger partial charge < -0.3 is 14.2 Å². The maximum atomic E-state index is 12.7. The SMILES string of the molecule is Cc1onc(NC(=O)N2CC/C(=C\c3cccc(Oc4ncc(Br)cn4)c3)C(C)C2)c1C. The number of nitrogens with zero attached hydrogens (tertiary/aromatic N) is 4. The van der Waals surface area contributed by atoms with E-state index in [0.717, 1.165) is 22.0 Å². The van der Waals surface area contributed by atoms with E-state index in [9.17, 15) is 4.79 Å². The fourth-order valence-electron chi connectivity index (χ4n) is 3.50. The second kappa shape index (κ2) is 9.52. The summed E-state index contributed by atoms with van der Waals surface area (Å²) < 4.78 is 11.7. The first-order valence-corrected chi connectivity index (χ1v) is 11.1. The van der Waals surface area contributed by atoms with Gasteiger partial charge in [0.05, 0.1) is 4.47 Å². The molecule has 1 atom stereocenters. The minimum absolute atomic E-state index is 0.155. The van der Waals surface area contributed by atoms with Crippen molar-refractivity contribution in [1.29, 1.82) is 0 Å². The molecule has 2 aromatic heterocycles. The Morgan fingerprint density at radius 3 is 2.78 bits per heavy atom. The molecule has 0 spiro atoms. The molecule has 3 aromatic rings. The van der Waals surface area contributed by atoms with E-state index < -0.39 is 0 Å². The van der Waals surface area contributed by atoms with Crippen LogP contribution < -0.4 is 10.1 Å². The Labute approximate surface area is 194 Å². The van der Waals surface area contributed by atoms with Crippen molar-refractivity contribution in [2.75, 3.05) is 18.4 Å². The van der Waals surface area contributed by atoms with Gasteiger partial charge in [0.15, 0.2) is 5.82 Å². The van der Waals surface area contributed by atoms with Gasteiger partial charge in [-0.3, -0.25) is 5.32 Å². The van der Waals surface area contributed by atoms with Gasteiger partial charge in [-0.1, -0.05) is 35.9 Å².